The predicted molar refractivity (Wildman–Crippen MR) is 96.5 cm³/mol. The molecular weight excluding hydrogens is 268 g/mol. The number of rotatable bonds is 3. The van der Waals surface area contributed by atoms with Crippen LogP contribution in [0.2, 0.25) is 0 Å². The molecule has 0 amide bonds. The number of piperazine rings is 1. The van der Waals surface area contributed by atoms with Crippen molar-refractivity contribution in [3.8, 4) is 0 Å². The normalized spacial score (nSPS) is 15.1. The monoisotopic (exact) mass is 296 g/mol. The molecule has 0 unspecified atom stereocenters. The van der Waals surface area contributed by atoms with Crippen LogP contribution in [0, 0.1) is 6.92 Å². The first-order chi connectivity index (χ1) is 10.8. The van der Waals surface area contributed by atoms with Crippen molar-refractivity contribution in [3.05, 3.63) is 65.7 Å². The third-order valence-electron chi connectivity index (χ3n) is 4.15. The number of hydrogen-bond donors (Lipinski definition) is 0. The molecule has 1 heterocycles. The van der Waals surface area contributed by atoms with Crippen LogP contribution in [0.4, 0.5) is 5.69 Å². The van der Waals surface area contributed by atoms with Gasteiger partial charge in [-0.15, -0.1) is 0 Å². The third kappa shape index (κ3) is 4.35. The molecule has 2 aromatic carbocycles. The first-order valence-corrected chi connectivity index (χ1v) is 8.40. The van der Waals surface area contributed by atoms with E-state index in [0.29, 0.717) is 0 Å². The summed E-state index contributed by atoms with van der Waals surface area (Å²) in [7, 11) is 0. The summed E-state index contributed by atoms with van der Waals surface area (Å²) in [5.74, 6) is 0. The van der Waals surface area contributed by atoms with Crippen molar-refractivity contribution in [1.82, 2.24) is 4.90 Å². The van der Waals surface area contributed by atoms with Gasteiger partial charge in [-0.25, -0.2) is 0 Å². The molecule has 2 heteroatoms. The summed E-state index contributed by atoms with van der Waals surface area (Å²) in [6.45, 7) is 11.8. The summed E-state index contributed by atoms with van der Waals surface area (Å²) in [5.41, 5.74) is 4.21. The van der Waals surface area contributed by atoms with Crippen LogP contribution in [0.25, 0.3) is 0 Å². The molecule has 1 fully saturated rings. The quantitative estimate of drug-likeness (QED) is 0.831. The Hall–Kier alpha value is -1.80. The van der Waals surface area contributed by atoms with Gasteiger partial charge in [-0.3, -0.25) is 4.90 Å². The largest absolute Gasteiger partial charge is 0.369 e. The number of aryl methyl sites for hydroxylation is 1. The summed E-state index contributed by atoms with van der Waals surface area (Å²) < 4.78 is 0. The summed E-state index contributed by atoms with van der Waals surface area (Å²) in [4.78, 5) is 5.04. The van der Waals surface area contributed by atoms with E-state index in [4.69, 9.17) is 0 Å². The molecule has 1 saturated heterocycles. The van der Waals surface area contributed by atoms with E-state index in [1.807, 2.05) is 13.8 Å². The molecule has 0 spiro atoms. The number of anilines is 1. The van der Waals surface area contributed by atoms with Crippen LogP contribution in [0.5, 0.6) is 0 Å². The smallest absolute Gasteiger partial charge is 0.0367 e. The van der Waals surface area contributed by atoms with E-state index in [-0.39, 0.29) is 0 Å². The minimum Gasteiger partial charge on any atom is -0.369 e. The van der Waals surface area contributed by atoms with Crippen LogP contribution in [-0.4, -0.2) is 31.1 Å². The maximum absolute atomic E-state index is 2.56. The first-order valence-electron chi connectivity index (χ1n) is 8.40. The Morgan fingerprint density at radius 3 is 2.00 bits per heavy atom. The van der Waals surface area contributed by atoms with Crippen molar-refractivity contribution in [2.75, 3.05) is 31.1 Å². The van der Waals surface area contributed by atoms with E-state index in [9.17, 15) is 0 Å². The molecule has 3 rings (SSSR count). The molecule has 2 aromatic rings. The van der Waals surface area contributed by atoms with E-state index in [0.717, 1.165) is 32.7 Å². The fourth-order valence-corrected chi connectivity index (χ4v) is 2.83. The first kappa shape index (κ1) is 16.6. The van der Waals surface area contributed by atoms with Crippen LogP contribution in [0.1, 0.15) is 25.0 Å². The summed E-state index contributed by atoms with van der Waals surface area (Å²) in [6, 6.07) is 19.4. The van der Waals surface area contributed by atoms with Gasteiger partial charge in [0.15, 0.2) is 0 Å². The van der Waals surface area contributed by atoms with Crippen molar-refractivity contribution >= 4 is 5.69 Å². The molecule has 118 valence electrons. The second kappa shape index (κ2) is 8.60. The Bertz CT molecular complexity index is 543. The maximum Gasteiger partial charge on any atom is 0.0367 e. The molecule has 1 aliphatic heterocycles. The fraction of sp³-hybridized carbons (Fsp3) is 0.400. The SMILES string of the molecule is CC.Cc1ccccc1CN1CCN(c2ccccc2)CC1. The van der Waals surface area contributed by atoms with Gasteiger partial charge < -0.3 is 4.90 Å². The minimum atomic E-state index is 1.08. The van der Waals surface area contributed by atoms with Crippen molar-refractivity contribution < 1.29 is 0 Å². The lowest BCUT2D eigenvalue weighted by Gasteiger charge is -2.36. The average molecular weight is 296 g/mol. The van der Waals surface area contributed by atoms with Crippen LogP contribution >= 0.6 is 0 Å². The zero-order valence-electron chi connectivity index (χ0n) is 14.1. The van der Waals surface area contributed by atoms with E-state index in [2.05, 4.69) is 71.3 Å². The molecule has 0 aromatic heterocycles. The highest BCUT2D eigenvalue weighted by Gasteiger charge is 2.17. The molecule has 0 radical (unpaired) electrons. The summed E-state index contributed by atoms with van der Waals surface area (Å²) >= 11 is 0. The summed E-state index contributed by atoms with van der Waals surface area (Å²) in [6.07, 6.45) is 0. The number of nitrogens with zero attached hydrogens (tertiary/aromatic N) is 2. The van der Waals surface area contributed by atoms with Crippen molar-refractivity contribution in [1.29, 1.82) is 0 Å². The third-order valence-corrected chi connectivity index (χ3v) is 4.15. The van der Waals surface area contributed by atoms with Crippen LogP contribution < -0.4 is 4.90 Å². The standard InChI is InChI=1S/C18H22N2.C2H6/c1-16-7-5-6-8-17(16)15-19-11-13-20(14-12-19)18-9-3-2-4-10-18;1-2/h2-10H,11-15H2,1H3;1-2H3. The Balaban J connectivity index is 0.000000847. The zero-order valence-corrected chi connectivity index (χ0v) is 14.1. The second-order valence-corrected chi connectivity index (χ2v) is 5.53. The second-order valence-electron chi connectivity index (χ2n) is 5.53. The van der Waals surface area contributed by atoms with E-state index < -0.39 is 0 Å². The van der Waals surface area contributed by atoms with Gasteiger partial charge in [-0.2, -0.15) is 0 Å². The average Bonchev–Trinajstić information content (AvgIpc) is 2.60. The van der Waals surface area contributed by atoms with Crippen molar-refractivity contribution in [3.63, 3.8) is 0 Å². The van der Waals surface area contributed by atoms with Crippen LogP contribution in [-0.2, 0) is 6.54 Å². The van der Waals surface area contributed by atoms with E-state index >= 15 is 0 Å². The molecule has 0 N–H and O–H groups in total. The molecule has 0 bridgehead atoms. The lowest BCUT2D eigenvalue weighted by Crippen LogP contribution is -2.46. The molecule has 1 aliphatic rings. The van der Waals surface area contributed by atoms with Gasteiger partial charge in [0.2, 0.25) is 0 Å². The van der Waals surface area contributed by atoms with Crippen molar-refractivity contribution in [2.24, 2.45) is 0 Å². The molecule has 0 saturated carbocycles. The lowest BCUT2D eigenvalue weighted by atomic mass is 10.1. The number of para-hydroxylation sites is 1. The maximum atomic E-state index is 2.56. The van der Waals surface area contributed by atoms with Crippen LogP contribution in [0.15, 0.2) is 54.6 Å². The number of hydrogen-bond acceptors (Lipinski definition) is 2. The predicted octanol–water partition coefficient (Wildman–Crippen LogP) is 4.34. The Morgan fingerprint density at radius 2 is 1.36 bits per heavy atom. The van der Waals surface area contributed by atoms with Gasteiger partial charge in [0.05, 0.1) is 0 Å². The Kier molecular flexibility index (Phi) is 6.47. The van der Waals surface area contributed by atoms with Crippen molar-refractivity contribution in [2.45, 2.75) is 27.3 Å². The highest BCUT2D eigenvalue weighted by atomic mass is 15.3. The van der Waals surface area contributed by atoms with Gasteiger partial charge in [0, 0.05) is 38.4 Å². The zero-order chi connectivity index (χ0) is 15.8. The van der Waals surface area contributed by atoms with Gasteiger partial charge in [-0.05, 0) is 30.2 Å². The minimum absolute atomic E-state index is 1.08. The summed E-state index contributed by atoms with van der Waals surface area (Å²) in [5, 5.41) is 0. The molecule has 2 nitrogen and oxygen atoms in total. The molecule has 0 aliphatic carbocycles. The Morgan fingerprint density at radius 1 is 0.773 bits per heavy atom. The molecule has 22 heavy (non-hydrogen) atoms. The molecular formula is C20H28N2. The highest BCUT2D eigenvalue weighted by molar-refractivity contribution is 5.46. The topological polar surface area (TPSA) is 6.48 Å². The van der Waals surface area contributed by atoms with Gasteiger partial charge >= 0.3 is 0 Å². The molecule has 0 atom stereocenters. The number of benzene rings is 2. The fourth-order valence-electron chi connectivity index (χ4n) is 2.83. The lowest BCUT2D eigenvalue weighted by molar-refractivity contribution is 0.249. The van der Waals surface area contributed by atoms with Gasteiger partial charge in [0.1, 0.15) is 0 Å². The Labute approximate surface area is 135 Å². The van der Waals surface area contributed by atoms with Gasteiger partial charge in [0.25, 0.3) is 0 Å². The van der Waals surface area contributed by atoms with Gasteiger partial charge in [-0.1, -0.05) is 56.3 Å². The van der Waals surface area contributed by atoms with E-state index in [1.165, 1.54) is 16.8 Å². The van der Waals surface area contributed by atoms with E-state index in [1.54, 1.807) is 0 Å². The van der Waals surface area contributed by atoms with Crippen LogP contribution in [0.3, 0.4) is 0 Å². The highest BCUT2D eigenvalue weighted by Crippen LogP contribution is 2.17.